The molecule has 1 aromatic rings. The molecular formula is C14H21N3O. The Kier molecular flexibility index (Phi) is 3.97. The van der Waals surface area contributed by atoms with Gasteiger partial charge in [-0.15, -0.1) is 0 Å². The van der Waals surface area contributed by atoms with Crippen molar-refractivity contribution in [3.8, 4) is 0 Å². The maximum absolute atomic E-state index is 12.0. The van der Waals surface area contributed by atoms with E-state index in [9.17, 15) is 4.79 Å². The topological polar surface area (TPSA) is 68.0 Å². The lowest BCUT2D eigenvalue weighted by Crippen LogP contribution is -2.51. The highest BCUT2D eigenvalue weighted by molar-refractivity contribution is 5.92. The van der Waals surface area contributed by atoms with Gasteiger partial charge in [-0.2, -0.15) is 0 Å². The lowest BCUT2D eigenvalue weighted by atomic mass is 9.82. The Bertz CT molecular complexity index is 425. The molecule has 2 rings (SSSR count). The van der Waals surface area contributed by atoms with Crippen LogP contribution in [0.3, 0.4) is 0 Å². The Morgan fingerprint density at radius 1 is 1.39 bits per heavy atom. The van der Waals surface area contributed by atoms with Crippen LogP contribution in [-0.4, -0.2) is 23.0 Å². The quantitative estimate of drug-likeness (QED) is 0.855. The molecule has 0 saturated heterocycles. The molecule has 0 bridgehead atoms. The Balaban J connectivity index is 1.92. The molecular weight excluding hydrogens is 226 g/mol. The van der Waals surface area contributed by atoms with E-state index in [-0.39, 0.29) is 11.4 Å². The molecule has 3 N–H and O–H groups in total. The van der Waals surface area contributed by atoms with Crippen LogP contribution < -0.4 is 11.1 Å². The first kappa shape index (κ1) is 13.0. The van der Waals surface area contributed by atoms with Gasteiger partial charge in [0.1, 0.15) is 5.69 Å². The Morgan fingerprint density at radius 2 is 2.11 bits per heavy atom. The van der Waals surface area contributed by atoms with E-state index < -0.39 is 0 Å². The average molecular weight is 247 g/mol. The lowest BCUT2D eigenvalue weighted by Gasteiger charge is -2.33. The largest absolute Gasteiger partial charge is 0.349 e. The molecule has 0 radical (unpaired) electrons. The highest BCUT2D eigenvalue weighted by Gasteiger charge is 2.27. The molecule has 1 aromatic heterocycles. The number of carbonyl (C=O) groups is 1. The molecule has 1 saturated carbocycles. The van der Waals surface area contributed by atoms with Gasteiger partial charge in [0.05, 0.1) is 0 Å². The number of aryl methyl sites for hydroxylation is 1. The van der Waals surface area contributed by atoms with Gasteiger partial charge in [-0.1, -0.05) is 25.3 Å². The second-order valence-corrected chi connectivity index (χ2v) is 5.27. The van der Waals surface area contributed by atoms with Crippen LogP contribution in [0.15, 0.2) is 18.2 Å². The summed E-state index contributed by atoms with van der Waals surface area (Å²) in [6.07, 6.45) is 5.57. The molecule has 4 nitrogen and oxygen atoms in total. The Morgan fingerprint density at radius 3 is 2.78 bits per heavy atom. The van der Waals surface area contributed by atoms with Crippen molar-refractivity contribution in [1.29, 1.82) is 0 Å². The summed E-state index contributed by atoms with van der Waals surface area (Å²) in [6, 6.07) is 5.45. The molecule has 1 heterocycles. The average Bonchev–Trinajstić information content (AvgIpc) is 2.37. The van der Waals surface area contributed by atoms with Gasteiger partial charge in [0.15, 0.2) is 0 Å². The van der Waals surface area contributed by atoms with E-state index in [1.54, 1.807) is 6.07 Å². The van der Waals surface area contributed by atoms with E-state index >= 15 is 0 Å². The van der Waals surface area contributed by atoms with Crippen molar-refractivity contribution >= 4 is 5.91 Å². The molecule has 1 aliphatic rings. The number of nitrogens with one attached hydrogen (secondary N) is 1. The van der Waals surface area contributed by atoms with Crippen LogP contribution in [0, 0.1) is 6.92 Å². The minimum absolute atomic E-state index is 0.130. The molecule has 1 amide bonds. The molecule has 98 valence electrons. The number of aromatic nitrogens is 1. The summed E-state index contributed by atoms with van der Waals surface area (Å²) in [6.45, 7) is 2.42. The monoisotopic (exact) mass is 247 g/mol. The van der Waals surface area contributed by atoms with E-state index in [2.05, 4.69) is 10.3 Å². The first-order valence-corrected chi connectivity index (χ1v) is 6.60. The fourth-order valence-electron chi connectivity index (χ4n) is 2.45. The second-order valence-electron chi connectivity index (χ2n) is 5.27. The Labute approximate surface area is 108 Å². The molecule has 0 aliphatic heterocycles. The molecule has 18 heavy (non-hydrogen) atoms. The molecule has 1 aliphatic carbocycles. The third-order valence-electron chi connectivity index (χ3n) is 3.57. The molecule has 1 fully saturated rings. The summed E-state index contributed by atoms with van der Waals surface area (Å²) in [5, 5.41) is 2.91. The smallest absolute Gasteiger partial charge is 0.269 e. The van der Waals surface area contributed by atoms with Crippen molar-refractivity contribution < 1.29 is 4.79 Å². The van der Waals surface area contributed by atoms with E-state index in [0.29, 0.717) is 12.2 Å². The number of carbonyl (C=O) groups excluding carboxylic acids is 1. The molecule has 0 spiro atoms. The van der Waals surface area contributed by atoms with Crippen molar-refractivity contribution in [2.24, 2.45) is 5.73 Å². The maximum atomic E-state index is 12.0. The molecule has 0 aromatic carbocycles. The van der Waals surface area contributed by atoms with Gasteiger partial charge in [0, 0.05) is 17.8 Å². The zero-order valence-electron chi connectivity index (χ0n) is 10.9. The third kappa shape index (κ3) is 3.29. The van der Waals surface area contributed by atoms with Crippen LogP contribution in [0.5, 0.6) is 0 Å². The highest BCUT2D eigenvalue weighted by atomic mass is 16.1. The number of hydrogen-bond donors (Lipinski definition) is 2. The normalized spacial score (nSPS) is 18.3. The van der Waals surface area contributed by atoms with Crippen LogP contribution in [0.4, 0.5) is 0 Å². The first-order valence-electron chi connectivity index (χ1n) is 6.60. The van der Waals surface area contributed by atoms with Crippen LogP contribution >= 0.6 is 0 Å². The number of nitrogens with zero attached hydrogens (tertiary/aromatic N) is 1. The number of hydrogen-bond acceptors (Lipinski definition) is 3. The van der Waals surface area contributed by atoms with Crippen LogP contribution in [0.2, 0.25) is 0 Å². The van der Waals surface area contributed by atoms with E-state index in [1.165, 1.54) is 6.42 Å². The van der Waals surface area contributed by atoms with Gasteiger partial charge in [-0.05, 0) is 31.9 Å². The van der Waals surface area contributed by atoms with Crippen LogP contribution in [0.25, 0.3) is 0 Å². The van der Waals surface area contributed by atoms with Gasteiger partial charge in [-0.25, -0.2) is 4.98 Å². The van der Waals surface area contributed by atoms with Crippen LogP contribution in [0.1, 0.15) is 48.3 Å². The van der Waals surface area contributed by atoms with Crippen molar-refractivity contribution in [1.82, 2.24) is 10.3 Å². The summed E-state index contributed by atoms with van der Waals surface area (Å²) in [4.78, 5) is 16.2. The zero-order valence-corrected chi connectivity index (χ0v) is 10.9. The van der Waals surface area contributed by atoms with E-state index in [0.717, 1.165) is 31.4 Å². The maximum Gasteiger partial charge on any atom is 0.269 e. The lowest BCUT2D eigenvalue weighted by molar-refractivity contribution is 0.0932. The zero-order chi connectivity index (χ0) is 13.0. The summed E-state index contributed by atoms with van der Waals surface area (Å²) >= 11 is 0. The SMILES string of the molecule is Cc1cccc(C(=O)NCC2(N)CCCCC2)n1. The summed E-state index contributed by atoms with van der Waals surface area (Å²) in [5.74, 6) is -0.130. The first-order chi connectivity index (χ1) is 8.59. The number of pyridine rings is 1. The molecule has 4 heteroatoms. The second kappa shape index (κ2) is 5.48. The number of nitrogens with two attached hydrogens (primary N) is 1. The minimum Gasteiger partial charge on any atom is -0.349 e. The predicted octanol–water partition coefficient (Wildman–Crippen LogP) is 1.78. The number of amides is 1. The van der Waals surface area contributed by atoms with Gasteiger partial charge in [-0.3, -0.25) is 4.79 Å². The van der Waals surface area contributed by atoms with Gasteiger partial charge in [0.25, 0.3) is 5.91 Å². The third-order valence-corrected chi connectivity index (χ3v) is 3.57. The van der Waals surface area contributed by atoms with Gasteiger partial charge in [0.2, 0.25) is 0 Å². The summed E-state index contributed by atoms with van der Waals surface area (Å²) < 4.78 is 0. The Hall–Kier alpha value is -1.42. The van der Waals surface area contributed by atoms with Crippen molar-refractivity contribution in [3.05, 3.63) is 29.6 Å². The highest BCUT2D eigenvalue weighted by Crippen LogP contribution is 2.25. The molecule has 0 atom stereocenters. The van der Waals surface area contributed by atoms with Gasteiger partial charge < -0.3 is 11.1 Å². The van der Waals surface area contributed by atoms with Crippen molar-refractivity contribution in [3.63, 3.8) is 0 Å². The summed E-state index contributed by atoms with van der Waals surface area (Å²) in [5.41, 5.74) is 7.37. The van der Waals surface area contributed by atoms with E-state index in [4.69, 9.17) is 5.73 Å². The van der Waals surface area contributed by atoms with Crippen molar-refractivity contribution in [2.75, 3.05) is 6.54 Å². The summed E-state index contributed by atoms with van der Waals surface area (Å²) in [7, 11) is 0. The van der Waals surface area contributed by atoms with Gasteiger partial charge >= 0.3 is 0 Å². The fraction of sp³-hybridized carbons (Fsp3) is 0.571. The standard InChI is InChI=1S/C14H21N3O/c1-11-6-5-7-12(17-11)13(18)16-10-14(15)8-3-2-4-9-14/h5-7H,2-4,8-10,15H2,1H3,(H,16,18). The minimum atomic E-state index is -0.224. The molecule has 0 unspecified atom stereocenters. The van der Waals surface area contributed by atoms with Crippen LogP contribution in [-0.2, 0) is 0 Å². The van der Waals surface area contributed by atoms with Crippen molar-refractivity contribution in [2.45, 2.75) is 44.6 Å². The fourth-order valence-corrected chi connectivity index (χ4v) is 2.45. The van der Waals surface area contributed by atoms with E-state index in [1.807, 2.05) is 19.1 Å². The predicted molar refractivity (Wildman–Crippen MR) is 71.3 cm³/mol. The number of rotatable bonds is 3.